The standard InChI is InChI=1S/C9H11/c1-2-3-6-9-7-4-5-8-9/h1,8-9H,3-4,6-7H2. The van der Waals surface area contributed by atoms with Crippen LogP contribution in [0.5, 0.6) is 0 Å². The van der Waals surface area contributed by atoms with E-state index in [0.717, 1.165) is 25.2 Å². The lowest BCUT2D eigenvalue weighted by Gasteiger charge is -2.01. The highest BCUT2D eigenvalue weighted by Crippen LogP contribution is 2.20. The summed E-state index contributed by atoms with van der Waals surface area (Å²) >= 11 is 0. The van der Waals surface area contributed by atoms with E-state index in [1.54, 1.807) is 0 Å². The zero-order chi connectivity index (χ0) is 6.53. The lowest BCUT2D eigenvalue weighted by atomic mass is 10.0. The zero-order valence-electron chi connectivity index (χ0n) is 5.56. The summed E-state index contributed by atoms with van der Waals surface area (Å²) in [4.78, 5) is 0. The topological polar surface area (TPSA) is 0 Å². The van der Waals surface area contributed by atoms with Gasteiger partial charge in [-0.05, 0) is 31.3 Å². The van der Waals surface area contributed by atoms with Gasteiger partial charge >= 0.3 is 0 Å². The van der Waals surface area contributed by atoms with Gasteiger partial charge in [0.2, 0.25) is 0 Å². The Labute approximate surface area is 57.0 Å². The van der Waals surface area contributed by atoms with E-state index in [1.165, 1.54) is 6.42 Å². The third kappa shape index (κ3) is 1.93. The smallest absolute Gasteiger partial charge is 0.00916 e. The molecule has 1 rings (SSSR count). The average molecular weight is 119 g/mol. The zero-order valence-corrected chi connectivity index (χ0v) is 5.56. The molecule has 0 aromatic carbocycles. The summed E-state index contributed by atoms with van der Waals surface area (Å²) in [5.74, 6) is 3.38. The van der Waals surface area contributed by atoms with Gasteiger partial charge in [-0.2, -0.15) is 0 Å². The molecule has 1 radical (unpaired) electrons. The molecule has 0 heteroatoms. The van der Waals surface area contributed by atoms with Crippen molar-refractivity contribution < 1.29 is 0 Å². The van der Waals surface area contributed by atoms with Crippen molar-refractivity contribution >= 4 is 0 Å². The van der Waals surface area contributed by atoms with Gasteiger partial charge < -0.3 is 0 Å². The summed E-state index contributed by atoms with van der Waals surface area (Å²) in [5.41, 5.74) is 0. The second kappa shape index (κ2) is 3.35. The van der Waals surface area contributed by atoms with Crippen molar-refractivity contribution in [2.45, 2.75) is 25.7 Å². The highest BCUT2D eigenvalue weighted by molar-refractivity contribution is 4.93. The van der Waals surface area contributed by atoms with E-state index in [-0.39, 0.29) is 0 Å². The molecule has 0 N–H and O–H groups in total. The molecule has 0 heterocycles. The molecule has 1 atom stereocenters. The van der Waals surface area contributed by atoms with Crippen molar-refractivity contribution in [2.75, 3.05) is 0 Å². The fourth-order valence-corrected chi connectivity index (χ4v) is 1.10. The van der Waals surface area contributed by atoms with Gasteiger partial charge in [-0.25, -0.2) is 0 Å². The molecule has 0 saturated carbocycles. The van der Waals surface area contributed by atoms with E-state index in [4.69, 9.17) is 6.42 Å². The third-order valence-electron chi connectivity index (χ3n) is 1.67. The molecule has 0 aliphatic heterocycles. The molecular weight excluding hydrogens is 108 g/mol. The fraction of sp³-hybridized carbons (Fsp3) is 0.556. The van der Waals surface area contributed by atoms with Gasteiger partial charge in [0.05, 0.1) is 0 Å². The summed E-state index contributed by atoms with van der Waals surface area (Å²) in [7, 11) is 0. The highest BCUT2D eigenvalue weighted by Gasteiger charge is 2.06. The van der Waals surface area contributed by atoms with Crippen LogP contribution in [0.25, 0.3) is 0 Å². The summed E-state index contributed by atoms with van der Waals surface area (Å²) in [6.07, 6.45) is 14.9. The molecule has 0 aromatic rings. The molecule has 0 spiro atoms. The fourth-order valence-electron chi connectivity index (χ4n) is 1.10. The molecule has 1 aliphatic carbocycles. The van der Waals surface area contributed by atoms with Gasteiger partial charge in [0.1, 0.15) is 0 Å². The monoisotopic (exact) mass is 119 g/mol. The number of hydrogen-bond acceptors (Lipinski definition) is 0. The second-order valence-corrected chi connectivity index (χ2v) is 2.41. The predicted octanol–water partition coefficient (Wildman–Crippen LogP) is 2.17. The maximum atomic E-state index is 5.12. The van der Waals surface area contributed by atoms with E-state index in [9.17, 15) is 0 Å². The molecule has 0 nitrogen and oxygen atoms in total. The Morgan fingerprint density at radius 3 is 3.22 bits per heavy atom. The summed E-state index contributed by atoms with van der Waals surface area (Å²) < 4.78 is 0. The van der Waals surface area contributed by atoms with Crippen molar-refractivity contribution in [3.63, 3.8) is 0 Å². The third-order valence-corrected chi connectivity index (χ3v) is 1.67. The van der Waals surface area contributed by atoms with E-state index in [2.05, 4.69) is 18.1 Å². The molecule has 0 fully saturated rings. The van der Waals surface area contributed by atoms with Crippen molar-refractivity contribution in [3.05, 3.63) is 12.2 Å². The quantitative estimate of drug-likeness (QED) is 0.489. The minimum absolute atomic E-state index is 0.737. The van der Waals surface area contributed by atoms with Crippen molar-refractivity contribution in [2.24, 2.45) is 5.92 Å². The van der Waals surface area contributed by atoms with Crippen LogP contribution in [0.4, 0.5) is 0 Å². The van der Waals surface area contributed by atoms with Crippen LogP contribution in [0.15, 0.2) is 6.08 Å². The van der Waals surface area contributed by atoms with Crippen LogP contribution < -0.4 is 0 Å². The van der Waals surface area contributed by atoms with Crippen LogP contribution in [-0.2, 0) is 0 Å². The Morgan fingerprint density at radius 1 is 1.78 bits per heavy atom. The molecule has 0 saturated heterocycles. The van der Waals surface area contributed by atoms with Crippen LogP contribution in [0, 0.1) is 24.3 Å². The molecular formula is C9H11. The molecule has 47 valence electrons. The number of hydrogen-bond donors (Lipinski definition) is 0. The van der Waals surface area contributed by atoms with Crippen molar-refractivity contribution in [1.82, 2.24) is 0 Å². The SMILES string of the molecule is C#CCCC1C=[C]CC1. The van der Waals surface area contributed by atoms with Crippen LogP contribution in [0.2, 0.25) is 0 Å². The maximum Gasteiger partial charge on any atom is 0.00916 e. The minimum atomic E-state index is 0.737. The van der Waals surface area contributed by atoms with Gasteiger partial charge in [0.15, 0.2) is 0 Å². The summed E-state index contributed by atoms with van der Waals surface area (Å²) in [5, 5.41) is 0. The largest absolute Gasteiger partial charge is 0.120 e. The Bertz CT molecular complexity index is 137. The molecule has 0 aromatic heterocycles. The van der Waals surface area contributed by atoms with E-state index in [0.29, 0.717) is 0 Å². The number of rotatable bonds is 2. The van der Waals surface area contributed by atoms with Crippen molar-refractivity contribution in [3.8, 4) is 12.3 Å². The Balaban J connectivity index is 2.14. The van der Waals surface area contributed by atoms with Crippen LogP contribution >= 0.6 is 0 Å². The van der Waals surface area contributed by atoms with Crippen LogP contribution in [0.3, 0.4) is 0 Å². The van der Waals surface area contributed by atoms with E-state index >= 15 is 0 Å². The maximum absolute atomic E-state index is 5.12. The predicted molar refractivity (Wildman–Crippen MR) is 38.6 cm³/mol. The normalized spacial score (nSPS) is 24.1. The first-order valence-electron chi connectivity index (χ1n) is 3.43. The second-order valence-electron chi connectivity index (χ2n) is 2.41. The summed E-state index contributed by atoms with van der Waals surface area (Å²) in [6.45, 7) is 0. The minimum Gasteiger partial charge on any atom is -0.120 e. The molecule has 1 aliphatic rings. The number of allylic oxidation sites excluding steroid dienone is 2. The Morgan fingerprint density at radius 2 is 2.67 bits per heavy atom. The van der Waals surface area contributed by atoms with Gasteiger partial charge in [-0.1, -0.05) is 6.08 Å². The first-order valence-corrected chi connectivity index (χ1v) is 3.43. The lowest BCUT2D eigenvalue weighted by Crippen LogP contribution is -1.89. The van der Waals surface area contributed by atoms with E-state index < -0.39 is 0 Å². The Kier molecular flexibility index (Phi) is 2.39. The van der Waals surface area contributed by atoms with E-state index in [1.807, 2.05) is 0 Å². The van der Waals surface area contributed by atoms with Crippen LogP contribution in [0.1, 0.15) is 25.7 Å². The first kappa shape index (κ1) is 6.42. The number of terminal acetylenes is 1. The average Bonchev–Trinajstić information content (AvgIpc) is 2.34. The summed E-state index contributed by atoms with van der Waals surface area (Å²) in [6, 6.07) is 0. The lowest BCUT2D eigenvalue weighted by molar-refractivity contribution is 0.589. The Hall–Kier alpha value is -0.700. The van der Waals surface area contributed by atoms with Gasteiger partial charge in [0.25, 0.3) is 0 Å². The van der Waals surface area contributed by atoms with Gasteiger partial charge in [-0.15, -0.1) is 12.3 Å². The van der Waals surface area contributed by atoms with Gasteiger partial charge in [-0.3, -0.25) is 0 Å². The van der Waals surface area contributed by atoms with Gasteiger partial charge in [0, 0.05) is 6.42 Å². The molecule has 0 amide bonds. The highest BCUT2D eigenvalue weighted by atomic mass is 14.1. The van der Waals surface area contributed by atoms with Crippen LogP contribution in [-0.4, -0.2) is 0 Å². The molecule has 9 heavy (non-hydrogen) atoms. The first-order chi connectivity index (χ1) is 4.43. The molecule has 0 bridgehead atoms. The molecule has 1 unspecified atom stereocenters. The van der Waals surface area contributed by atoms with Crippen molar-refractivity contribution in [1.29, 1.82) is 0 Å².